The first kappa shape index (κ1) is 133. The second kappa shape index (κ2) is 71.6. The van der Waals surface area contributed by atoms with Gasteiger partial charge in [-0.2, -0.15) is 0 Å². The van der Waals surface area contributed by atoms with Crippen LogP contribution in [0.2, 0.25) is 0 Å². The van der Waals surface area contributed by atoms with Crippen molar-refractivity contribution in [2.24, 2.45) is 0 Å². The summed E-state index contributed by atoms with van der Waals surface area (Å²) in [6, 6.07) is 70.4. The van der Waals surface area contributed by atoms with Crippen molar-refractivity contribution in [3.8, 4) is 34.5 Å². The maximum atomic E-state index is 11.5. The second-order valence-electron chi connectivity index (χ2n) is 30.5. The third kappa shape index (κ3) is 59.5. The molecule has 0 spiro atoms. The van der Waals surface area contributed by atoms with Gasteiger partial charge in [0.05, 0.1) is 70.8 Å². The van der Waals surface area contributed by atoms with E-state index in [1.54, 1.807) is 115 Å². The average molecular weight is 2050 g/mol. The molecular formula is C92H122KLi2N5Na2O31S5. The molecule has 0 bridgehead atoms. The van der Waals surface area contributed by atoms with Gasteiger partial charge in [0.1, 0.15) is 141 Å². The van der Waals surface area contributed by atoms with Crippen molar-refractivity contribution < 1.29 is 293 Å². The molecule has 0 heterocycles. The van der Waals surface area contributed by atoms with E-state index in [4.69, 9.17) is 28.4 Å². The van der Waals surface area contributed by atoms with Crippen molar-refractivity contribution in [3.63, 3.8) is 0 Å². The molecule has 10 N–H and O–H groups in total. The molecule has 46 heteroatoms. The summed E-state index contributed by atoms with van der Waals surface area (Å²) in [6.45, 7) is 8.44. The molecule has 10 atom stereocenters. The number of anilines is 3. The molecule has 0 saturated heterocycles. The van der Waals surface area contributed by atoms with Crippen molar-refractivity contribution in [3.05, 3.63) is 255 Å². The van der Waals surface area contributed by atoms with Crippen LogP contribution in [0.4, 0.5) is 17.1 Å². The molecular weight excluding hydrogens is 1930 g/mol. The summed E-state index contributed by atoms with van der Waals surface area (Å²) in [4.78, 5) is 6.81. The first-order valence-corrected chi connectivity index (χ1v) is 50.0. The van der Waals surface area contributed by atoms with Crippen molar-refractivity contribution in [2.45, 2.75) is 129 Å². The largest absolute Gasteiger partial charge is 1.00 e. The van der Waals surface area contributed by atoms with Crippen molar-refractivity contribution >= 4 is 67.7 Å². The van der Waals surface area contributed by atoms with Crippen LogP contribution < -0.4 is 191 Å². The van der Waals surface area contributed by atoms with Crippen LogP contribution in [0.15, 0.2) is 269 Å². The fourth-order valence-corrected chi connectivity index (χ4v) is 14.7. The molecule has 0 radical (unpaired) electrons. The number of rotatable bonds is 54. The van der Waals surface area contributed by atoms with Gasteiger partial charge in [0.25, 0.3) is 0 Å². The molecule has 36 nitrogen and oxygen atoms in total. The maximum absolute atomic E-state index is 11.5. The standard InChI is InChI=1S/3C24H27NO7S.2C10H23NO5S.K.2Li.2Na/c3*26-20(17-31-22-9-3-1-4-10-22)15-25(19-8-7-13-24(14-19)33(28,29)30)16-21(27)18-32-23-11-5-2-6-12-23;2*1-3-9(12)7-11(8-10(13)4-2)5-6-17(14,15)16;;;;;/h3*1-14,20-21,26-27H,15-18H2,(H,28,29,30);2*9-10,12-13H,3-8H2,1-2H3,(H,14,15,16);;;;;/q;;;;;5*+1/p-5. The van der Waals surface area contributed by atoms with Gasteiger partial charge in [-0.05, 0) is 153 Å². The Kier molecular flexibility index (Phi) is 69.0. The van der Waals surface area contributed by atoms with Crippen LogP contribution in [0.25, 0.3) is 0 Å². The van der Waals surface area contributed by atoms with E-state index in [0.29, 0.717) is 77.2 Å². The van der Waals surface area contributed by atoms with Gasteiger partial charge >= 0.3 is 148 Å². The van der Waals surface area contributed by atoms with E-state index in [1.807, 2.05) is 137 Å². The zero-order valence-electron chi connectivity index (χ0n) is 79.3. The molecule has 10 unspecified atom stereocenters. The zero-order valence-corrected chi connectivity index (χ0v) is 90.5. The molecule has 9 aromatic carbocycles. The number of hydrogen-bond donors (Lipinski definition) is 10. The number of para-hydroxylation sites is 6. The van der Waals surface area contributed by atoms with Crippen LogP contribution in [-0.2, 0) is 50.6 Å². The quantitative estimate of drug-likeness (QED) is 0.0125. The molecule has 9 aromatic rings. The van der Waals surface area contributed by atoms with E-state index in [0.717, 1.165) is 0 Å². The summed E-state index contributed by atoms with van der Waals surface area (Å²) in [5.41, 5.74) is 1.10. The molecule has 0 fully saturated rings. The third-order valence-electron chi connectivity index (χ3n) is 19.2. The summed E-state index contributed by atoms with van der Waals surface area (Å²) in [6.07, 6.45) is -5.87. The SMILES string of the molecule is CCC(O)CN(CCS(=O)(=O)[O-])CC(O)CC.CCC(O)CN(CCS(=O)(=O)[O-])CC(O)CC.O=S(=O)([O-])c1cccc(N(CC(O)COc2ccccc2)CC(O)COc2ccccc2)c1.O=S(=O)([O-])c1cccc(N(CC(O)COc2ccccc2)CC(O)COc2ccccc2)c1.O=S(=O)([O-])c1cccc(N(CC(O)COc2ccccc2)CC(O)COc2ccccc2)c1.[K+].[Li+].[Li+].[Na+].[Na+]. The Labute approximate surface area is 922 Å². The molecule has 736 valence electrons. The predicted molar refractivity (Wildman–Crippen MR) is 495 cm³/mol. The predicted octanol–water partition coefficient (Wildman–Crippen LogP) is -9.40. The summed E-state index contributed by atoms with van der Waals surface area (Å²) < 4.78 is 200. The minimum atomic E-state index is -4.66. The number of aliphatic hydroxyl groups excluding tert-OH is 10. The fraction of sp³-hybridized carbons (Fsp3) is 0.413. The number of nitrogens with zero attached hydrogens (tertiary/aromatic N) is 5. The molecule has 0 aliphatic rings. The molecule has 0 aromatic heterocycles. The van der Waals surface area contributed by atoms with Crippen LogP contribution in [0.5, 0.6) is 34.5 Å². The molecule has 0 saturated carbocycles. The van der Waals surface area contributed by atoms with Crippen LogP contribution in [0, 0.1) is 0 Å². The van der Waals surface area contributed by atoms with Crippen LogP contribution >= 0.6 is 0 Å². The van der Waals surface area contributed by atoms with Gasteiger partial charge in [0, 0.05) is 95.6 Å². The molecule has 9 rings (SSSR count). The first-order valence-electron chi connectivity index (χ1n) is 42.6. The van der Waals surface area contributed by atoms with E-state index in [9.17, 15) is 116 Å². The van der Waals surface area contributed by atoms with Gasteiger partial charge in [-0.25, -0.2) is 42.1 Å². The van der Waals surface area contributed by atoms with Crippen molar-refractivity contribution in [1.82, 2.24) is 9.80 Å². The molecule has 0 aliphatic carbocycles. The Morgan fingerprint density at radius 1 is 0.254 bits per heavy atom. The number of aliphatic hydroxyl groups is 10. The summed E-state index contributed by atoms with van der Waals surface area (Å²) in [5.74, 6) is 2.58. The first-order chi connectivity index (χ1) is 63.0. The number of benzene rings is 9. The van der Waals surface area contributed by atoms with Gasteiger partial charge in [-0.15, -0.1) is 0 Å². The van der Waals surface area contributed by atoms with Gasteiger partial charge in [-0.3, -0.25) is 9.80 Å². The van der Waals surface area contributed by atoms with Crippen molar-refractivity contribution in [2.75, 3.05) is 144 Å². The Morgan fingerprint density at radius 2 is 0.420 bits per heavy atom. The summed E-state index contributed by atoms with van der Waals surface area (Å²) in [7, 11) is -22.5. The van der Waals surface area contributed by atoms with Crippen LogP contribution in [0.3, 0.4) is 0 Å². The second-order valence-corrected chi connectivity index (χ2v) is 37.7. The molecule has 138 heavy (non-hydrogen) atoms. The van der Waals surface area contributed by atoms with E-state index in [2.05, 4.69) is 0 Å². The van der Waals surface area contributed by atoms with Crippen LogP contribution in [-0.4, -0.2) is 316 Å². The molecule has 0 aliphatic heterocycles. The van der Waals surface area contributed by atoms with E-state index >= 15 is 0 Å². The normalized spacial score (nSPS) is 13.4. The van der Waals surface area contributed by atoms with Crippen LogP contribution in [0.1, 0.15) is 53.4 Å². The maximum Gasteiger partial charge on any atom is 1.00 e. The average Bonchev–Trinajstić information content (AvgIpc) is 0.836. The summed E-state index contributed by atoms with van der Waals surface area (Å²) in [5, 5.41) is 101. The zero-order chi connectivity index (χ0) is 98.0. The minimum Gasteiger partial charge on any atom is -0.748 e. The van der Waals surface area contributed by atoms with Crippen molar-refractivity contribution in [1.29, 1.82) is 0 Å². The minimum absolute atomic E-state index is 0. The smallest absolute Gasteiger partial charge is 0.748 e. The van der Waals surface area contributed by atoms with E-state index in [-0.39, 0.29) is 266 Å². The number of ether oxygens (including phenoxy) is 6. The Bertz CT molecular complexity index is 4660. The van der Waals surface area contributed by atoms with E-state index < -0.39 is 138 Å². The third-order valence-corrected chi connectivity index (χ3v) is 23.0. The Hall–Kier alpha value is -4.92. The topological polar surface area (TPSA) is 560 Å². The van der Waals surface area contributed by atoms with Gasteiger partial charge in [0.15, 0.2) is 0 Å². The summed E-state index contributed by atoms with van der Waals surface area (Å²) >= 11 is 0. The Morgan fingerprint density at radius 3 is 0.565 bits per heavy atom. The fourth-order valence-electron chi connectivity index (χ4n) is 12.2. The van der Waals surface area contributed by atoms with E-state index in [1.165, 1.54) is 54.6 Å². The van der Waals surface area contributed by atoms with Gasteiger partial charge in [-0.1, -0.05) is 155 Å². The van der Waals surface area contributed by atoms with Gasteiger partial charge in [0.2, 0.25) is 0 Å². The molecule has 0 amide bonds. The monoisotopic (exact) mass is 2050 g/mol. The Balaban J connectivity index is 0.00000173. The van der Waals surface area contributed by atoms with Gasteiger partial charge < -0.3 is 117 Å². The number of hydrogen-bond acceptors (Lipinski definition) is 36.